The number of nitrogens with zero attached hydrogens (tertiary/aromatic N) is 5. The van der Waals surface area contributed by atoms with Crippen molar-refractivity contribution in [2.75, 3.05) is 6.54 Å². The Morgan fingerprint density at radius 1 is 1.25 bits per heavy atom. The standard InChI is InChI=1S/C15H15F2N5O2/c16-15(17)7-10(22(8-15)14(23)9-3-1-4-9)13-20-12(21-24-13)11-18-5-2-6-19-11/h2,5-6,9-10H,1,3-4,7-8H2/t10-/m0/s1. The molecule has 0 bridgehead atoms. The number of hydrogen-bond acceptors (Lipinski definition) is 6. The van der Waals surface area contributed by atoms with Crippen LogP contribution in [0.3, 0.4) is 0 Å². The minimum atomic E-state index is -2.96. The van der Waals surface area contributed by atoms with Crippen LogP contribution in [0, 0.1) is 5.92 Å². The molecule has 3 heterocycles. The van der Waals surface area contributed by atoms with Gasteiger partial charge in [0.1, 0.15) is 6.04 Å². The van der Waals surface area contributed by atoms with Gasteiger partial charge in [-0.1, -0.05) is 11.6 Å². The normalized spacial score (nSPS) is 23.2. The van der Waals surface area contributed by atoms with Gasteiger partial charge in [-0.2, -0.15) is 4.98 Å². The summed E-state index contributed by atoms with van der Waals surface area (Å²) in [5.74, 6) is -3.00. The first kappa shape index (κ1) is 15.1. The van der Waals surface area contributed by atoms with Crippen molar-refractivity contribution >= 4 is 5.91 Å². The van der Waals surface area contributed by atoms with Gasteiger partial charge in [0.2, 0.25) is 23.4 Å². The zero-order valence-electron chi connectivity index (χ0n) is 12.7. The van der Waals surface area contributed by atoms with E-state index >= 15 is 0 Å². The first-order valence-corrected chi connectivity index (χ1v) is 7.83. The minimum Gasteiger partial charge on any atom is -0.337 e. The van der Waals surface area contributed by atoms with Gasteiger partial charge in [0.05, 0.1) is 6.54 Å². The van der Waals surface area contributed by atoms with E-state index in [0.29, 0.717) is 0 Å². The predicted octanol–water partition coefficient (Wildman–Crippen LogP) is 2.24. The highest BCUT2D eigenvalue weighted by atomic mass is 19.3. The van der Waals surface area contributed by atoms with Crippen LogP contribution in [-0.2, 0) is 4.79 Å². The van der Waals surface area contributed by atoms with Crippen LogP contribution in [0.15, 0.2) is 23.0 Å². The molecule has 1 saturated carbocycles. The maximum absolute atomic E-state index is 13.9. The number of carbonyl (C=O) groups excluding carboxylic acids is 1. The highest BCUT2D eigenvalue weighted by molar-refractivity contribution is 5.80. The van der Waals surface area contributed by atoms with E-state index in [1.54, 1.807) is 6.07 Å². The topological polar surface area (TPSA) is 85.0 Å². The van der Waals surface area contributed by atoms with E-state index in [4.69, 9.17) is 4.52 Å². The average Bonchev–Trinajstić information content (AvgIpc) is 3.10. The van der Waals surface area contributed by atoms with Crippen LogP contribution >= 0.6 is 0 Å². The molecule has 4 rings (SSSR count). The number of aromatic nitrogens is 4. The van der Waals surface area contributed by atoms with Crippen molar-refractivity contribution in [2.24, 2.45) is 5.92 Å². The van der Waals surface area contributed by atoms with Gasteiger partial charge in [0.15, 0.2) is 0 Å². The number of amides is 1. The number of carbonyl (C=O) groups is 1. The molecular weight excluding hydrogens is 320 g/mol. The second kappa shape index (κ2) is 5.57. The highest BCUT2D eigenvalue weighted by Gasteiger charge is 2.51. The molecule has 24 heavy (non-hydrogen) atoms. The summed E-state index contributed by atoms with van der Waals surface area (Å²) in [5, 5.41) is 3.76. The van der Waals surface area contributed by atoms with Gasteiger partial charge in [-0.05, 0) is 18.9 Å². The molecule has 0 aromatic carbocycles. The molecule has 1 amide bonds. The van der Waals surface area contributed by atoms with Crippen LogP contribution in [0.5, 0.6) is 0 Å². The summed E-state index contributed by atoms with van der Waals surface area (Å²) in [6.07, 6.45) is 4.99. The van der Waals surface area contributed by atoms with E-state index in [-0.39, 0.29) is 29.4 Å². The Balaban J connectivity index is 1.61. The van der Waals surface area contributed by atoms with Crippen LogP contribution in [0.1, 0.15) is 37.6 Å². The Labute approximate surface area is 136 Å². The van der Waals surface area contributed by atoms with Crippen molar-refractivity contribution in [1.29, 1.82) is 0 Å². The smallest absolute Gasteiger partial charge is 0.267 e. The fraction of sp³-hybridized carbons (Fsp3) is 0.533. The largest absolute Gasteiger partial charge is 0.337 e. The first-order chi connectivity index (χ1) is 11.5. The Morgan fingerprint density at radius 3 is 2.67 bits per heavy atom. The maximum Gasteiger partial charge on any atom is 0.267 e. The van der Waals surface area contributed by atoms with Gasteiger partial charge in [-0.25, -0.2) is 18.7 Å². The van der Waals surface area contributed by atoms with Crippen molar-refractivity contribution in [3.8, 4) is 11.6 Å². The van der Waals surface area contributed by atoms with E-state index in [1.165, 1.54) is 17.3 Å². The van der Waals surface area contributed by atoms with Crippen molar-refractivity contribution in [2.45, 2.75) is 37.6 Å². The van der Waals surface area contributed by atoms with Crippen molar-refractivity contribution in [3.63, 3.8) is 0 Å². The predicted molar refractivity (Wildman–Crippen MR) is 76.7 cm³/mol. The minimum absolute atomic E-state index is 0.00213. The quantitative estimate of drug-likeness (QED) is 0.855. The Hall–Kier alpha value is -2.45. The third kappa shape index (κ3) is 2.63. The number of alkyl halides is 2. The molecule has 2 aromatic heterocycles. The summed E-state index contributed by atoms with van der Waals surface area (Å²) in [7, 11) is 0. The van der Waals surface area contributed by atoms with Gasteiger partial charge < -0.3 is 9.42 Å². The molecule has 2 aromatic rings. The maximum atomic E-state index is 13.9. The van der Waals surface area contributed by atoms with Crippen molar-refractivity contribution < 1.29 is 18.1 Å². The van der Waals surface area contributed by atoms with Gasteiger partial charge in [-0.3, -0.25) is 4.79 Å². The SMILES string of the molecule is O=C(C1CCC1)N1CC(F)(F)C[C@H]1c1nc(-c2ncccn2)no1. The molecule has 0 spiro atoms. The molecule has 2 fully saturated rings. The fourth-order valence-corrected chi connectivity index (χ4v) is 3.03. The lowest BCUT2D eigenvalue weighted by Crippen LogP contribution is -2.39. The van der Waals surface area contributed by atoms with Crippen molar-refractivity contribution in [3.05, 3.63) is 24.4 Å². The van der Waals surface area contributed by atoms with E-state index < -0.39 is 24.9 Å². The zero-order valence-corrected chi connectivity index (χ0v) is 12.7. The molecule has 1 aliphatic carbocycles. The van der Waals surface area contributed by atoms with Crippen LogP contribution in [0.25, 0.3) is 11.6 Å². The average molecular weight is 335 g/mol. The lowest BCUT2D eigenvalue weighted by molar-refractivity contribution is -0.140. The van der Waals surface area contributed by atoms with Crippen molar-refractivity contribution in [1.82, 2.24) is 25.0 Å². The summed E-state index contributed by atoms with van der Waals surface area (Å²) in [5.41, 5.74) is 0. The van der Waals surface area contributed by atoms with Crippen LogP contribution < -0.4 is 0 Å². The molecule has 9 heteroatoms. The van der Waals surface area contributed by atoms with Crippen LogP contribution in [0.2, 0.25) is 0 Å². The van der Waals surface area contributed by atoms with E-state index in [2.05, 4.69) is 20.1 Å². The van der Waals surface area contributed by atoms with E-state index in [1.807, 2.05) is 0 Å². The molecule has 0 radical (unpaired) electrons. The number of halogens is 2. The fourth-order valence-electron chi connectivity index (χ4n) is 3.03. The molecule has 2 aliphatic rings. The lowest BCUT2D eigenvalue weighted by Gasteiger charge is -2.31. The van der Waals surface area contributed by atoms with E-state index in [9.17, 15) is 13.6 Å². The highest BCUT2D eigenvalue weighted by Crippen LogP contribution is 2.43. The molecule has 7 nitrogen and oxygen atoms in total. The van der Waals surface area contributed by atoms with Crippen LogP contribution in [-0.4, -0.2) is 43.4 Å². The lowest BCUT2D eigenvalue weighted by atomic mass is 9.84. The Kier molecular flexibility index (Phi) is 3.50. The molecular formula is C15H15F2N5O2. The van der Waals surface area contributed by atoms with Gasteiger partial charge in [0.25, 0.3) is 5.92 Å². The van der Waals surface area contributed by atoms with Gasteiger partial charge in [-0.15, -0.1) is 0 Å². The third-order valence-electron chi connectivity index (χ3n) is 4.50. The summed E-state index contributed by atoms with van der Waals surface area (Å²) < 4.78 is 32.9. The summed E-state index contributed by atoms with van der Waals surface area (Å²) in [6.45, 7) is -0.605. The molecule has 0 unspecified atom stereocenters. The first-order valence-electron chi connectivity index (χ1n) is 7.83. The second-order valence-corrected chi connectivity index (χ2v) is 6.20. The monoisotopic (exact) mass is 335 g/mol. The molecule has 126 valence electrons. The summed E-state index contributed by atoms with van der Waals surface area (Å²) >= 11 is 0. The van der Waals surface area contributed by atoms with Gasteiger partial charge in [0, 0.05) is 24.7 Å². The number of hydrogen-bond donors (Lipinski definition) is 0. The zero-order chi connectivity index (χ0) is 16.7. The Morgan fingerprint density at radius 2 is 2.00 bits per heavy atom. The number of rotatable bonds is 3. The van der Waals surface area contributed by atoms with Crippen LogP contribution in [0.4, 0.5) is 8.78 Å². The second-order valence-electron chi connectivity index (χ2n) is 6.20. The third-order valence-corrected chi connectivity index (χ3v) is 4.50. The molecule has 1 saturated heterocycles. The molecule has 0 N–H and O–H groups in total. The molecule has 1 aliphatic heterocycles. The van der Waals surface area contributed by atoms with E-state index in [0.717, 1.165) is 19.3 Å². The Bertz CT molecular complexity index is 747. The molecule has 1 atom stereocenters. The summed E-state index contributed by atoms with van der Waals surface area (Å²) in [4.78, 5) is 25.8. The summed E-state index contributed by atoms with van der Waals surface area (Å²) in [6, 6.07) is 0.735. The van der Waals surface area contributed by atoms with Gasteiger partial charge >= 0.3 is 0 Å². The number of likely N-dealkylation sites (tertiary alicyclic amines) is 1.